The second-order valence-electron chi connectivity index (χ2n) is 6.37. The number of halogens is 2. The first-order chi connectivity index (χ1) is 12.9. The first-order valence-electron chi connectivity index (χ1n) is 8.31. The van der Waals surface area contributed by atoms with E-state index in [4.69, 9.17) is 28.9 Å². The number of hydrogen-bond acceptors (Lipinski definition) is 5. The van der Waals surface area contributed by atoms with Crippen molar-refractivity contribution in [3.05, 3.63) is 63.1 Å². The summed E-state index contributed by atoms with van der Waals surface area (Å²) in [5.74, 6) is -1.27. The monoisotopic (exact) mass is 405 g/mol. The Hall–Kier alpha value is -2.37. The van der Waals surface area contributed by atoms with Gasteiger partial charge in [-0.2, -0.15) is 0 Å². The lowest BCUT2D eigenvalue weighted by Gasteiger charge is -2.37. The minimum atomic E-state index is -1.09. The Morgan fingerprint density at radius 1 is 1.30 bits per heavy atom. The molecule has 8 heteroatoms. The number of carbonyl (C=O) groups excluding carboxylic acids is 1. The molecule has 0 amide bonds. The number of rotatable bonds is 5. The van der Waals surface area contributed by atoms with Gasteiger partial charge in [0, 0.05) is 16.6 Å². The highest BCUT2D eigenvalue weighted by Gasteiger charge is 2.38. The van der Waals surface area contributed by atoms with E-state index < -0.39 is 12.0 Å². The first kappa shape index (κ1) is 19.4. The molecule has 6 nitrogen and oxygen atoms in total. The van der Waals surface area contributed by atoms with Gasteiger partial charge in [0.1, 0.15) is 0 Å². The standard InChI is InChI=1S/C19H17Cl2N3O3/c20-14-7-15(21)18-13(5-11-2-1-3-12(4-11)9-22)6-17(19(26)27)24(23-10-25)16(18)8-14/h1-4,7-8,13,17H,5-6,9,22H2,(H,26,27)/t13-,17+/m0/s1. The van der Waals surface area contributed by atoms with Crippen LogP contribution in [0.3, 0.4) is 0 Å². The van der Waals surface area contributed by atoms with Crippen LogP contribution in [-0.2, 0) is 22.6 Å². The average molecular weight is 406 g/mol. The summed E-state index contributed by atoms with van der Waals surface area (Å²) in [7, 11) is 0. The molecule has 0 saturated carbocycles. The van der Waals surface area contributed by atoms with Gasteiger partial charge >= 0.3 is 5.97 Å². The van der Waals surface area contributed by atoms with Crippen LogP contribution in [0.15, 0.2) is 41.5 Å². The first-order valence-corrected chi connectivity index (χ1v) is 9.06. The molecule has 140 valence electrons. The van der Waals surface area contributed by atoms with E-state index in [1.807, 2.05) is 24.3 Å². The molecule has 1 aliphatic heterocycles. The fourth-order valence-electron chi connectivity index (χ4n) is 3.55. The molecule has 1 heterocycles. The second-order valence-corrected chi connectivity index (χ2v) is 7.21. The van der Waals surface area contributed by atoms with Crippen LogP contribution in [0.4, 0.5) is 5.69 Å². The summed E-state index contributed by atoms with van der Waals surface area (Å²) in [5, 5.41) is 15.1. The van der Waals surface area contributed by atoms with Crippen molar-refractivity contribution in [3.63, 3.8) is 0 Å². The van der Waals surface area contributed by atoms with Gasteiger partial charge in [-0.15, -0.1) is 0 Å². The maximum Gasteiger partial charge on any atom is 0.328 e. The number of hydrogen-bond donors (Lipinski definition) is 2. The van der Waals surface area contributed by atoms with Crippen LogP contribution >= 0.6 is 23.2 Å². The fraction of sp³-hybridized carbons (Fsp3) is 0.263. The number of isocyanates is 1. The van der Waals surface area contributed by atoms with Gasteiger partial charge in [-0.05, 0) is 47.6 Å². The van der Waals surface area contributed by atoms with Crippen molar-refractivity contribution < 1.29 is 14.7 Å². The number of fused-ring (bicyclic) bond motifs is 1. The zero-order valence-corrected chi connectivity index (χ0v) is 15.7. The predicted molar refractivity (Wildman–Crippen MR) is 104 cm³/mol. The van der Waals surface area contributed by atoms with Gasteiger partial charge in [0.15, 0.2) is 6.04 Å². The summed E-state index contributed by atoms with van der Waals surface area (Å²) < 4.78 is 0. The lowest BCUT2D eigenvalue weighted by atomic mass is 9.82. The van der Waals surface area contributed by atoms with E-state index in [1.54, 1.807) is 12.1 Å². The molecule has 27 heavy (non-hydrogen) atoms. The van der Waals surface area contributed by atoms with Crippen LogP contribution in [0.25, 0.3) is 0 Å². The number of nitrogens with two attached hydrogens (primary N) is 1. The van der Waals surface area contributed by atoms with E-state index in [9.17, 15) is 14.7 Å². The smallest absolute Gasteiger partial charge is 0.328 e. The molecule has 0 saturated heterocycles. The van der Waals surface area contributed by atoms with Crippen molar-refractivity contribution in [1.29, 1.82) is 0 Å². The van der Waals surface area contributed by atoms with Crippen LogP contribution in [-0.4, -0.2) is 23.2 Å². The van der Waals surface area contributed by atoms with Crippen LogP contribution in [0.2, 0.25) is 10.0 Å². The topological polar surface area (TPSA) is 96.0 Å². The van der Waals surface area contributed by atoms with Crippen molar-refractivity contribution in [2.24, 2.45) is 10.8 Å². The largest absolute Gasteiger partial charge is 0.480 e. The molecule has 2 atom stereocenters. The Morgan fingerprint density at radius 3 is 2.70 bits per heavy atom. The zero-order chi connectivity index (χ0) is 19.6. The number of aliphatic carboxylic acids is 1. The lowest BCUT2D eigenvalue weighted by molar-refractivity contribution is -0.139. The highest BCUT2D eigenvalue weighted by atomic mass is 35.5. The maximum absolute atomic E-state index is 11.8. The second kappa shape index (κ2) is 8.11. The van der Waals surface area contributed by atoms with Crippen molar-refractivity contribution >= 4 is 40.9 Å². The molecule has 3 N–H and O–H groups in total. The van der Waals surface area contributed by atoms with E-state index in [0.717, 1.165) is 21.7 Å². The fourth-order valence-corrected chi connectivity index (χ4v) is 4.18. The molecule has 0 unspecified atom stereocenters. The number of carbonyl (C=O) groups is 1. The van der Waals surface area contributed by atoms with E-state index in [1.165, 1.54) is 6.08 Å². The highest BCUT2D eigenvalue weighted by Crippen LogP contribution is 2.45. The molecule has 1 aliphatic rings. The lowest BCUT2D eigenvalue weighted by Crippen LogP contribution is -2.43. The number of hydrazone groups is 1. The van der Waals surface area contributed by atoms with Gasteiger partial charge < -0.3 is 10.8 Å². The Balaban J connectivity index is 2.10. The van der Waals surface area contributed by atoms with Crippen molar-refractivity contribution in [3.8, 4) is 0 Å². The molecule has 0 spiro atoms. The van der Waals surface area contributed by atoms with Crippen LogP contribution in [0.1, 0.15) is 29.0 Å². The minimum Gasteiger partial charge on any atom is -0.480 e. The third-order valence-corrected chi connectivity index (χ3v) is 5.20. The molecule has 0 bridgehead atoms. The Morgan fingerprint density at radius 2 is 2.04 bits per heavy atom. The quantitative estimate of drug-likeness (QED) is 0.583. The van der Waals surface area contributed by atoms with Crippen LogP contribution < -0.4 is 10.7 Å². The van der Waals surface area contributed by atoms with Gasteiger partial charge in [0.05, 0.1) is 5.69 Å². The van der Waals surface area contributed by atoms with E-state index in [-0.39, 0.29) is 12.3 Å². The predicted octanol–water partition coefficient (Wildman–Crippen LogP) is 3.69. The highest BCUT2D eigenvalue weighted by molar-refractivity contribution is 6.35. The Bertz CT molecular complexity index is 928. The van der Waals surface area contributed by atoms with Crippen LogP contribution in [0.5, 0.6) is 0 Å². The third-order valence-electron chi connectivity index (χ3n) is 4.67. The SMILES string of the molecule is NCc1cccc(C[C@H]2C[C@H](C(=O)O)N(N=C=O)c3cc(Cl)cc(Cl)c32)c1. The van der Waals surface area contributed by atoms with Crippen molar-refractivity contribution in [2.75, 3.05) is 5.01 Å². The van der Waals surface area contributed by atoms with Crippen molar-refractivity contribution in [1.82, 2.24) is 0 Å². The molecule has 0 aromatic heterocycles. The Kier molecular flexibility index (Phi) is 5.82. The number of nitrogens with zero attached hydrogens (tertiary/aromatic N) is 2. The summed E-state index contributed by atoms with van der Waals surface area (Å²) in [4.78, 5) is 22.7. The Labute approximate surface area is 166 Å². The number of carboxylic acid groups (broad SMARTS) is 1. The molecule has 0 aliphatic carbocycles. The minimum absolute atomic E-state index is 0.183. The normalized spacial score (nSPS) is 18.6. The van der Waals surface area contributed by atoms with Gasteiger partial charge in [-0.25, -0.2) is 14.6 Å². The van der Waals surface area contributed by atoms with Gasteiger partial charge in [-0.3, -0.25) is 0 Å². The number of benzene rings is 2. The molecule has 0 fully saturated rings. The maximum atomic E-state index is 11.8. The molecular weight excluding hydrogens is 389 g/mol. The van der Waals surface area contributed by atoms with E-state index in [2.05, 4.69) is 5.10 Å². The average Bonchev–Trinajstić information content (AvgIpc) is 2.63. The number of carboxylic acids is 1. The van der Waals surface area contributed by atoms with Gasteiger partial charge in [-0.1, -0.05) is 52.6 Å². The molecule has 2 aromatic rings. The van der Waals surface area contributed by atoms with Gasteiger partial charge in [0.2, 0.25) is 0 Å². The number of anilines is 1. The molecule has 0 radical (unpaired) electrons. The van der Waals surface area contributed by atoms with Crippen LogP contribution in [0, 0.1) is 0 Å². The summed E-state index contributed by atoms with van der Waals surface area (Å²) in [6, 6.07) is 9.98. The summed E-state index contributed by atoms with van der Waals surface area (Å²) in [6.45, 7) is 0.422. The molecule has 3 rings (SSSR count). The summed E-state index contributed by atoms with van der Waals surface area (Å²) >= 11 is 12.6. The van der Waals surface area contributed by atoms with Crippen molar-refractivity contribution in [2.45, 2.75) is 31.3 Å². The summed E-state index contributed by atoms with van der Waals surface area (Å²) in [6.07, 6.45) is 2.23. The van der Waals surface area contributed by atoms with Gasteiger partial charge in [0.25, 0.3) is 6.08 Å². The third kappa shape index (κ3) is 3.99. The molecular formula is C19H17Cl2N3O3. The summed E-state index contributed by atoms with van der Waals surface area (Å²) in [5.41, 5.74) is 8.86. The molecule has 2 aromatic carbocycles. The zero-order valence-electron chi connectivity index (χ0n) is 14.2. The van der Waals surface area contributed by atoms with E-state index >= 15 is 0 Å². The van der Waals surface area contributed by atoms with E-state index in [0.29, 0.717) is 28.7 Å².